The quantitative estimate of drug-likeness (QED) is 0.658. The van der Waals surface area contributed by atoms with Gasteiger partial charge in [0.25, 0.3) is 0 Å². The van der Waals surface area contributed by atoms with E-state index in [0.717, 1.165) is 5.56 Å². The molecule has 21 heavy (non-hydrogen) atoms. The summed E-state index contributed by atoms with van der Waals surface area (Å²) in [5.41, 5.74) is 3.97. The Morgan fingerprint density at radius 1 is 1.10 bits per heavy atom. The molecule has 2 aromatic rings. The van der Waals surface area contributed by atoms with Crippen LogP contribution in [0.3, 0.4) is 0 Å². The molecule has 0 aliphatic rings. The van der Waals surface area contributed by atoms with Crippen LogP contribution in [0.4, 0.5) is 4.39 Å². The summed E-state index contributed by atoms with van der Waals surface area (Å²) in [6, 6.07) is 9.02. The van der Waals surface area contributed by atoms with Crippen LogP contribution in [0.2, 0.25) is 5.02 Å². The van der Waals surface area contributed by atoms with Crippen LogP contribution >= 0.6 is 11.6 Å². The molecule has 3 N–H and O–H groups in total. The van der Waals surface area contributed by atoms with Crippen molar-refractivity contribution in [2.75, 3.05) is 14.2 Å². The van der Waals surface area contributed by atoms with Crippen LogP contribution in [0, 0.1) is 5.82 Å². The van der Waals surface area contributed by atoms with Crippen molar-refractivity contribution in [1.29, 1.82) is 0 Å². The molecule has 2 rings (SSSR count). The molecule has 0 spiro atoms. The summed E-state index contributed by atoms with van der Waals surface area (Å²) in [5.74, 6) is 6.39. The number of rotatable bonds is 5. The Balaban J connectivity index is 2.48. The molecule has 0 aromatic heterocycles. The minimum absolute atomic E-state index is 0.380. The molecule has 0 amide bonds. The Morgan fingerprint density at radius 3 is 2.43 bits per heavy atom. The predicted octanol–water partition coefficient (Wildman–Crippen LogP) is 3.05. The molecule has 1 atom stereocenters. The molecule has 0 saturated heterocycles. The van der Waals surface area contributed by atoms with E-state index in [1.807, 2.05) is 6.07 Å². The van der Waals surface area contributed by atoms with E-state index in [4.69, 9.17) is 26.9 Å². The summed E-state index contributed by atoms with van der Waals surface area (Å²) in [7, 11) is 3.10. The van der Waals surface area contributed by atoms with Crippen LogP contribution < -0.4 is 20.7 Å². The van der Waals surface area contributed by atoms with E-state index in [2.05, 4.69) is 5.43 Å². The van der Waals surface area contributed by atoms with Crippen LogP contribution in [0.25, 0.3) is 0 Å². The fourth-order valence-electron chi connectivity index (χ4n) is 2.13. The number of hydrazine groups is 1. The van der Waals surface area contributed by atoms with Gasteiger partial charge in [0, 0.05) is 5.02 Å². The van der Waals surface area contributed by atoms with Crippen LogP contribution in [-0.2, 0) is 0 Å². The predicted molar refractivity (Wildman–Crippen MR) is 80.1 cm³/mol. The van der Waals surface area contributed by atoms with Crippen LogP contribution in [0.1, 0.15) is 17.2 Å². The lowest BCUT2D eigenvalue weighted by atomic mass is 9.98. The first-order valence-corrected chi connectivity index (χ1v) is 6.61. The van der Waals surface area contributed by atoms with E-state index in [-0.39, 0.29) is 5.82 Å². The van der Waals surface area contributed by atoms with Crippen molar-refractivity contribution in [2.45, 2.75) is 6.04 Å². The summed E-state index contributed by atoms with van der Waals surface area (Å²) in [5, 5.41) is 0.425. The van der Waals surface area contributed by atoms with Crippen LogP contribution in [0.5, 0.6) is 11.5 Å². The highest BCUT2D eigenvalue weighted by molar-refractivity contribution is 6.31. The molecule has 1 unspecified atom stereocenters. The van der Waals surface area contributed by atoms with Gasteiger partial charge in [0.05, 0.1) is 20.3 Å². The summed E-state index contributed by atoms with van der Waals surface area (Å²) in [4.78, 5) is 0. The van der Waals surface area contributed by atoms with Gasteiger partial charge in [-0.25, -0.2) is 9.82 Å². The zero-order valence-electron chi connectivity index (χ0n) is 11.7. The second-order valence-electron chi connectivity index (χ2n) is 4.38. The van der Waals surface area contributed by atoms with E-state index in [0.29, 0.717) is 22.1 Å². The first-order valence-electron chi connectivity index (χ1n) is 6.23. The third kappa shape index (κ3) is 3.26. The highest BCUT2D eigenvalue weighted by atomic mass is 35.5. The smallest absolute Gasteiger partial charge is 0.161 e. The van der Waals surface area contributed by atoms with Crippen LogP contribution in [-0.4, -0.2) is 14.2 Å². The monoisotopic (exact) mass is 310 g/mol. The van der Waals surface area contributed by atoms with Gasteiger partial charge in [-0.2, -0.15) is 0 Å². The Bertz CT molecular complexity index is 637. The third-order valence-corrected chi connectivity index (χ3v) is 3.52. The van der Waals surface area contributed by atoms with E-state index in [9.17, 15) is 4.39 Å². The average Bonchev–Trinajstić information content (AvgIpc) is 2.51. The Kier molecular flexibility index (Phi) is 5.01. The maximum Gasteiger partial charge on any atom is 0.161 e. The zero-order valence-corrected chi connectivity index (χ0v) is 12.4. The van der Waals surface area contributed by atoms with Crippen molar-refractivity contribution in [3.8, 4) is 11.5 Å². The summed E-state index contributed by atoms with van der Waals surface area (Å²) in [6.45, 7) is 0. The molecule has 0 aliphatic heterocycles. The fraction of sp³-hybridized carbons (Fsp3) is 0.200. The van der Waals surface area contributed by atoms with Gasteiger partial charge >= 0.3 is 0 Å². The van der Waals surface area contributed by atoms with Crippen LogP contribution in [0.15, 0.2) is 36.4 Å². The van der Waals surface area contributed by atoms with Crippen molar-refractivity contribution >= 4 is 11.6 Å². The first-order chi connectivity index (χ1) is 10.1. The van der Waals surface area contributed by atoms with Gasteiger partial charge in [0.2, 0.25) is 0 Å². The molecule has 4 nitrogen and oxygen atoms in total. The summed E-state index contributed by atoms with van der Waals surface area (Å²) >= 11 is 6.13. The molecule has 0 saturated carbocycles. The van der Waals surface area contributed by atoms with E-state index in [1.54, 1.807) is 26.4 Å². The second kappa shape index (κ2) is 6.76. The topological polar surface area (TPSA) is 56.5 Å². The maximum absolute atomic E-state index is 13.5. The summed E-state index contributed by atoms with van der Waals surface area (Å²) < 4.78 is 23.9. The van der Waals surface area contributed by atoms with E-state index < -0.39 is 6.04 Å². The highest BCUT2D eigenvalue weighted by Crippen LogP contribution is 2.34. The average molecular weight is 311 g/mol. The molecule has 0 radical (unpaired) electrons. The first kappa shape index (κ1) is 15.6. The summed E-state index contributed by atoms with van der Waals surface area (Å²) in [6.07, 6.45) is 0. The molecule has 112 valence electrons. The third-order valence-electron chi connectivity index (χ3n) is 3.18. The van der Waals surface area contributed by atoms with Crippen molar-refractivity contribution in [3.05, 3.63) is 58.4 Å². The Labute approximate surface area is 127 Å². The maximum atomic E-state index is 13.5. The number of hydrogen-bond acceptors (Lipinski definition) is 4. The van der Waals surface area contributed by atoms with Crippen molar-refractivity contribution in [3.63, 3.8) is 0 Å². The number of ether oxygens (including phenoxy) is 2. The number of hydrogen-bond donors (Lipinski definition) is 2. The lowest BCUT2D eigenvalue weighted by Crippen LogP contribution is -2.29. The number of methoxy groups -OCH3 is 2. The molecule has 0 heterocycles. The SMILES string of the molecule is COc1ccc(C(NN)c2cc(F)ccc2Cl)cc1OC. The van der Waals surface area contributed by atoms with Crippen molar-refractivity contribution in [2.24, 2.45) is 5.84 Å². The molecule has 6 heteroatoms. The lowest BCUT2D eigenvalue weighted by Gasteiger charge is -2.19. The van der Waals surface area contributed by atoms with Crippen molar-refractivity contribution in [1.82, 2.24) is 5.43 Å². The van der Waals surface area contributed by atoms with Gasteiger partial charge in [0.1, 0.15) is 5.82 Å². The standard InChI is InChI=1S/C15H16ClFN2O2/c1-20-13-6-3-9(7-14(13)21-2)15(19-18)11-8-10(17)4-5-12(11)16/h3-8,15,19H,18H2,1-2H3. The number of halogens is 2. The number of nitrogens with one attached hydrogen (secondary N) is 1. The molecule has 2 aromatic carbocycles. The van der Waals surface area contributed by atoms with Gasteiger partial charge in [-0.05, 0) is 41.5 Å². The number of nitrogens with two attached hydrogens (primary N) is 1. The van der Waals surface area contributed by atoms with Gasteiger partial charge in [-0.15, -0.1) is 0 Å². The van der Waals surface area contributed by atoms with Gasteiger partial charge < -0.3 is 9.47 Å². The minimum Gasteiger partial charge on any atom is -0.493 e. The Morgan fingerprint density at radius 2 is 1.81 bits per heavy atom. The molecule has 0 bridgehead atoms. The zero-order chi connectivity index (χ0) is 15.4. The molecular formula is C15H16ClFN2O2. The molecule has 0 fully saturated rings. The van der Waals surface area contributed by atoms with Crippen molar-refractivity contribution < 1.29 is 13.9 Å². The van der Waals surface area contributed by atoms with Gasteiger partial charge in [0.15, 0.2) is 11.5 Å². The van der Waals surface area contributed by atoms with E-state index >= 15 is 0 Å². The Hall–Kier alpha value is -1.82. The molecular weight excluding hydrogens is 295 g/mol. The number of benzene rings is 2. The normalized spacial score (nSPS) is 12.0. The van der Waals surface area contributed by atoms with Gasteiger partial charge in [-0.3, -0.25) is 5.84 Å². The van der Waals surface area contributed by atoms with E-state index in [1.165, 1.54) is 18.2 Å². The van der Waals surface area contributed by atoms with Gasteiger partial charge in [-0.1, -0.05) is 17.7 Å². The molecule has 0 aliphatic carbocycles. The second-order valence-corrected chi connectivity index (χ2v) is 4.79. The fourth-order valence-corrected chi connectivity index (χ4v) is 2.36. The minimum atomic E-state index is -0.465. The highest BCUT2D eigenvalue weighted by Gasteiger charge is 2.18. The lowest BCUT2D eigenvalue weighted by molar-refractivity contribution is 0.354. The largest absolute Gasteiger partial charge is 0.493 e.